The number of piperidine rings is 1. The Morgan fingerprint density at radius 3 is 1.57 bits per heavy atom. The molecule has 1 saturated carbocycles. The van der Waals surface area contributed by atoms with Crippen LogP contribution in [0, 0.1) is 0 Å². The first-order valence-corrected chi connectivity index (χ1v) is 21.2. The van der Waals surface area contributed by atoms with Crippen molar-refractivity contribution in [2.45, 2.75) is 98.8 Å². The van der Waals surface area contributed by atoms with E-state index in [-0.39, 0.29) is 52.4 Å². The van der Waals surface area contributed by atoms with Gasteiger partial charge in [-0.05, 0) is 110 Å². The van der Waals surface area contributed by atoms with Crippen LogP contribution in [0.15, 0.2) is 107 Å². The summed E-state index contributed by atoms with van der Waals surface area (Å²) in [5, 5.41) is 7.91. The van der Waals surface area contributed by atoms with Crippen LogP contribution in [-0.2, 0) is 33.1 Å². The summed E-state index contributed by atoms with van der Waals surface area (Å²) in [7, 11) is -7.66. The minimum atomic E-state index is -3.85. The molecule has 4 amide bonds. The number of nitrogens with one attached hydrogen (secondary N) is 3. The molecule has 1 aliphatic carbocycles. The van der Waals surface area contributed by atoms with E-state index >= 15 is 0 Å². The topological polar surface area (TPSA) is 174 Å². The third kappa shape index (κ3) is 8.26. The number of benzene rings is 2. The zero-order chi connectivity index (χ0) is 37.7. The summed E-state index contributed by atoms with van der Waals surface area (Å²) in [6, 6.07) is 17.0. The van der Waals surface area contributed by atoms with Gasteiger partial charge in [0.2, 0.25) is 20.0 Å². The molecule has 2 atom stereocenters. The van der Waals surface area contributed by atoms with E-state index in [0.29, 0.717) is 11.1 Å². The van der Waals surface area contributed by atoms with E-state index in [0.717, 1.165) is 67.8 Å². The molecule has 2 unspecified atom stereocenters. The Balaban J connectivity index is 1.24. The van der Waals surface area contributed by atoms with Gasteiger partial charge in [-0.25, -0.2) is 31.1 Å². The lowest BCUT2D eigenvalue weighted by Gasteiger charge is -2.35. The fourth-order valence-electron chi connectivity index (χ4n) is 7.60. The molecule has 284 valence electrons. The van der Waals surface area contributed by atoms with Crippen LogP contribution in [0.25, 0.3) is 0 Å². The van der Waals surface area contributed by atoms with Crippen molar-refractivity contribution in [1.82, 2.24) is 29.6 Å². The van der Waals surface area contributed by atoms with Gasteiger partial charge in [0.25, 0.3) is 0 Å². The molecule has 0 radical (unpaired) electrons. The SMILES string of the molecule is O=C(NCc1cccnc1)N(c1ccc(S(=O)(=O)NC2CCCC2)cc1)N(C(=O)NCc1cccnc1)c1ccc(S(=O)(=O)N2C3CCCC2CC3)cc1. The zero-order valence-corrected chi connectivity index (χ0v) is 31.4. The van der Waals surface area contributed by atoms with E-state index in [2.05, 4.69) is 25.3 Å². The van der Waals surface area contributed by atoms with Gasteiger partial charge in [-0.1, -0.05) is 31.4 Å². The molecule has 4 heterocycles. The second kappa shape index (κ2) is 16.2. The average Bonchev–Trinajstić information content (AvgIpc) is 3.80. The molecule has 2 aromatic carbocycles. The minimum Gasteiger partial charge on any atom is -0.332 e. The Bertz CT molecular complexity index is 2120. The summed E-state index contributed by atoms with van der Waals surface area (Å²) in [5.41, 5.74) is 1.78. The molecule has 2 bridgehead atoms. The van der Waals surface area contributed by atoms with Gasteiger partial charge in [0.15, 0.2) is 0 Å². The summed E-state index contributed by atoms with van der Waals surface area (Å²) in [6.07, 6.45) is 14.2. The Labute approximate surface area is 316 Å². The van der Waals surface area contributed by atoms with Crippen LogP contribution in [0.2, 0.25) is 0 Å². The van der Waals surface area contributed by atoms with Crippen LogP contribution in [0.3, 0.4) is 0 Å². The number of carbonyl (C=O) groups excluding carboxylic acids is 2. The largest absolute Gasteiger partial charge is 0.341 e. The molecule has 3 N–H and O–H groups in total. The standard InChI is InChI=1S/C38H44N8O6S2/c47-37(41-26-28-6-4-22-39-24-28)44(31-14-18-35(19-15-31)53(49,50)43-30-8-1-2-9-30)45(38(48)42-27-29-7-5-23-40-25-29)32-16-20-36(21-17-32)54(51,52)46-33-10-3-11-34(46)13-12-33/h4-7,14-25,30,33-34,43H,1-3,8-13,26-27H2,(H,41,47)(H,42,48). The van der Waals surface area contributed by atoms with Gasteiger partial charge < -0.3 is 10.6 Å². The van der Waals surface area contributed by atoms with Crippen molar-refractivity contribution in [2.24, 2.45) is 0 Å². The monoisotopic (exact) mass is 772 g/mol. The highest BCUT2D eigenvalue weighted by molar-refractivity contribution is 7.89. The summed E-state index contributed by atoms with van der Waals surface area (Å²) >= 11 is 0. The zero-order valence-electron chi connectivity index (χ0n) is 29.7. The van der Waals surface area contributed by atoms with Crippen LogP contribution in [0.1, 0.15) is 68.9 Å². The fraction of sp³-hybridized carbons (Fsp3) is 0.368. The van der Waals surface area contributed by atoms with Crippen LogP contribution < -0.4 is 25.4 Å². The average molecular weight is 773 g/mol. The Morgan fingerprint density at radius 2 is 1.11 bits per heavy atom. The molecule has 2 aliphatic heterocycles. The Hall–Kier alpha value is -4.90. The number of sulfonamides is 2. The number of hydrogen-bond donors (Lipinski definition) is 3. The molecule has 2 aromatic heterocycles. The molecule has 7 rings (SSSR count). The Kier molecular flexibility index (Phi) is 11.2. The third-order valence-corrected chi connectivity index (χ3v) is 13.8. The highest BCUT2D eigenvalue weighted by Gasteiger charge is 2.44. The molecular formula is C38H44N8O6S2. The molecule has 14 nitrogen and oxygen atoms in total. The number of fused-ring (bicyclic) bond motifs is 2. The number of pyridine rings is 2. The van der Waals surface area contributed by atoms with Crippen LogP contribution in [0.5, 0.6) is 0 Å². The predicted octanol–water partition coefficient (Wildman–Crippen LogP) is 5.45. The van der Waals surface area contributed by atoms with Crippen molar-refractivity contribution < 1.29 is 26.4 Å². The second-order valence-electron chi connectivity index (χ2n) is 13.9. The molecule has 0 spiro atoms. The Morgan fingerprint density at radius 1 is 0.630 bits per heavy atom. The molecule has 4 aromatic rings. The maximum atomic E-state index is 14.3. The highest BCUT2D eigenvalue weighted by atomic mass is 32.2. The molecule has 54 heavy (non-hydrogen) atoms. The number of carbonyl (C=O) groups is 2. The summed E-state index contributed by atoms with van der Waals surface area (Å²) in [5.74, 6) is 0. The smallest absolute Gasteiger partial charge is 0.332 e. The number of aromatic nitrogens is 2. The lowest BCUT2D eigenvalue weighted by molar-refractivity contribution is 0.236. The van der Waals surface area contributed by atoms with Gasteiger partial charge >= 0.3 is 12.1 Å². The first-order chi connectivity index (χ1) is 26.1. The number of hydrogen-bond acceptors (Lipinski definition) is 8. The van der Waals surface area contributed by atoms with E-state index in [1.807, 2.05) is 0 Å². The number of anilines is 2. The summed E-state index contributed by atoms with van der Waals surface area (Å²) < 4.78 is 58.8. The van der Waals surface area contributed by atoms with E-state index < -0.39 is 32.1 Å². The lowest BCUT2D eigenvalue weighted by Crippen LogP contribution is -2.57. The van der Waals surface area contributed by atoms with Crippen molar-refractivity contribution in [3.8, 4) is 0 Å². The van der Waals surface area contributed by atoms with Gasteiger partial charge in [-0.3, -0.25) is 9.97 Å². The van der Waals surface area contributed by atoms with Crippen LogP contribution >= 0.6 is 0 Å². The van der Waals surface area contributed by atoms with Crippen LogP contribution in [0.4, 0.5) is 21.0 Å². The van der Waals surface area contributed by atoms with E-state index in [9.17, 15) is 26.4 Å². The fourth-order valence-corrected chi connectivity index (χ4v) is 10.8. The normalized spacial score (nSPS) is 19.0. The number of nitrogens with zero attached hydrogens (tertiary/aromatic N) is 5. The second-order valence-corrected chi connectivity index (χ2v) is 17.5. The lowest BCUT2D eigenvalue weighted by atomic mass is 10.1. The first-order valence-electron chi connectivity index (χ1n) is 18.3. The van der Waals surface area contributed by atoms with Gasteiger partial charge in [-0.2, -0.15) is 14.3 Å². The number of amides is 4. The quantitative estimate of drug-likeness (QED) is 0.169. The van der Waals surface area contributed by atoms with Crippen molar-refractivity contribution in [3.63, 3.8) is 0 Å². The molecule has 3 fully saturated rings. The predicted molar refractivity (Wildman–Crippen MR) is 203 cm³/mol. The number of hydrazine groups is 1. The van der Waals surface area contributed by atoms with E-state index in [1.165, 1.54) is 48.5 Å². The number of urea groups is 2. The maximum absolute atomic E-state index is 14.3. The molecule has 3 aliphatic rings. The van der Waals surface area contributed by atoms with Crippen molar-refractivity contribution in [2.75, 3.05) is 10.0 Å². The van der Waals surface area contributed by atoms with Crippen molar-refractivity contribution >= 4 is 43.5 Å². The maximum Gasteiger partial charge on any atom is 0.341 e. The molecule has 16 heteroatoms. The highest BCUT2D eigenvalue weighted by Crippen LogP contribution is 2.40. The minimum absolute atomic E-state index is 0.0164. The third-order valence-electron chi connectivity index (χ3n) is 10.3. The molecular weight excluding hydrogens is 729 g/mol. The summed E-state index contributed by atoms with van der Waals surface area (Å²) in [6.45, 7) is 0.143. The van der Waals surface area contributed by atoms with Crippen LogP contribution in [-0.4, -0.2) is 61.3 Å². The molecule has 2 saturated heterocycles. The van der Waals surface area contributed by atoms with Gasteiger partial charge in [-0.15, -0.1) is 0 Å². The van der Waals surface area contributed by atoms with Crippen molar-refractivity contribution in [1.29, 1.82) is 0 Å². The first kappa shape index (κ1) is 37.4. The van der Waals surface area contributed by atoms with Gasteiger partial charge in [0, 0.05) is 56.0 Å². The van der Waals surface area contributed by atoms with E-state index in [1.54, 1.807) is 53.4 Å². The van der Waals surface area contributed by atoms with Gasteiger partial charge in [0.1, 0.15) is 0 Å². The van der Waals surface area contributed by atoms with Crippen molar-refractivity contribution in [3.05, 3.63) is 109 Å². The summed E-state index contributed by atoms with van der Waals surface area (Å²) in [4.78, 5) is 36.9. The van der Waals surface area contributed by atoms with Gasteiger partial charge in [0.05, 0.1) is 21.2 Å². The number of rotatable bonds is 11. The van der Waals surface area contributed by atoms with E-state index in [4.69, 9.17) is 0 Å².